The maximum Gasteiger partial charge on any atom is 0.307 e. The quantitative estimate of drug-likeness (QED) is 0.724. The van der Waals surface area contributed by atoms with E-state index in [2.05, 4.69) is 16.8 Å². The van der Waals surface area contributed by atoms with Gasteiger partial charge in [-0.1, -0.05) is 0 Å². The van der Waals surface area contributed by atoms with Crippen molar-refractivity contribution in [3.8, 4) is 0 Å². The number of nitrogens with zero attached hydrogens (tertiary/aromatic N) is 2. The smallest absolute Gasteiger partial charge is 0.307 e. The second-order valence-corrected chi connectivity index (χ2v) is 5.96. The molecule has 2 rings (SSSR count). The Morgan fingerprint density at radius 1 is 1.20 bits per heavy atom. The van der Waals surface area contributed by atoms with Gasteiger partial charge in [-0.3, -0.25) is 9.69 Å². The van der Waals surface area contributed by atoms with Crippen LogP contribution in [0.25, 0.3) is 0 Å². The molecule has 1 unspecified atom stereocenters. The van der Waals surface area contributed by atoms with E-state index in [0.29, 0.717) is 13.0 Å². The molecular weight excluding hydrogens is 256 g/mol. The van der Waals surface area contributed by atoms with Gasteiger partial charge in [-0.25, -0.2) is 0 Å². The first kappa shape index (κ1) is 15.7. The number of piperazine rings is 1. The van der Waals surface area contributed by atoms with Crippen LogP contribution in [0.1, 0.15) is 32.6 Å². The van der Waals surface area contributed by atoms with Crippen molar-refractivity contribution in [2.75, 3.05) is 53.0 Å². The van der Waals surface area contributed by atoms with Gasteiger partial charge in [0.2, 0.25) is 0 Å². The minimum atomic E-state index is -0.0617. The zero-order chi connectivity index (χ0) is 14.4. The van der Waals surface area contributed by atoms with Crippen molar-refractivity contribution < 1.29 is 14.3 Å². The number of carbonyl (C=O) groups is 1. The highest BCUT2D eigenvalue weighted by Gasteiger charge is 2.40. The Balaban J connectivity index is 2.07. The lowest BCUT2D eigenvalue weighted by Crippen LogP contribution is -2.57. The molecular formula is C15H28N2O3. The summed E-state index contributed by atoms with van der Waals surface area (Å²) in [6.45, 7) is 8.14. The highest BCUT2D eigenvalue weighted by Crippen LogP contribution is 2.33. The van der Waals surface area contributed by atoms with Gasteiger partial charge in [0.05, 0.1) is 13.0 Å². The van der Waals surface area contributed by atoms with Crippen molar-refractivity contribution in [2.24, 2.45) is 0 Å². The third-order valence-corrected chi connectivity index (χ3v) is 4.60. The van der Waals surface area contributed by atoms with Crippen molar-refractivity contribution >= 4 is 5.97 Å². The lowest BCUT2D eigenvalue weighted by atomic mass is 9.84. The Labute approximate surface area is 122 Å². The van der Waals surface area contributed by atoms with E-state index in [4.69, 9.17) is 9.47 Å². The normalized spacial score (nSPS) is 29.9. The third kappa shape index (κ3) is 3.93. The molecule has 0 bridgehead atoms. The Hall–Kier alpha value is -0.650. The molecule has 0 aromatic carbocycles. The highest BCUT2D eigenvalue weighted by molar-refractivity contribution is 5.71. The first-order valence-corrected chi connectivity index (χ1v) is 7.83. The fourth-order valence-corrected chi connectivity index (χ4v) is 3.36. The molecule has 0 spiro atoms. The van der Waals surface area contributed by atoms with Crippen LogP contribution in [0.3, 0.4) is 0 Å². The molecule has 0 aromatic heterocycles. The van der Waals surface area contributed by atoms with Gasteiger partial charge in [-0.05, 0) is 33.2 Å². The van der Waals surface area contributed by atoms with Crippen molar-refractivity contribution in [2.45, 2.75) is 38.1 Å². The molecule has 0 radical (unpaired) electrons. The van der Waals surface area contributed by atoms with Gasteiger partial charge >= 0.3 is 5.97 Å². The number of hydrogen-bond acceptors (Lipinski definition) is 5. The number of ether oxygens (including phenoxy) is 2. The molecule has 0 amide bonds. The topological polar surface area (TPSA) is 42.0 Å². The Kier molecular flexibility index (Phi) is 5.81. The second-order valence-electron chi connectivity index (χ2n) is 5.96. The summed E-state index contributed by atoms with van der Waals surface area (Å²) in [4.78, 5) is 16.9. The highest BCUT2D eigenvalue weighted by atomic mass is 16.5. The summed E-state index contributed by atoms with van der Waals surface area (Å²) < 4.78 is 10.8. The standard InChI is InChI=1S/C15H28N2O3/c1-3-20-14(18)13-15(5-4-11-19-12-6-15)17-9-7-16(2)8-10-17/h3-13H2,1-2H3. The predicted molar refractivity (Wildman–Crippen MR) is 77.7 cm³/mol. The number of esters is 1. The van der Waals surface area contributed by atoms with Gasteiger partial charge in [0.1, 0.15) is 0 Å². The zero-order valence-corrected chi connectivity index (χ0v) is 12.9. The molecule has 2 aliphatic heterocycles. The Bertz CT molecular complexity index is 306. The minimum absolute atomic E-state index is 0.0516. The summed E-state index contributed by atoms with van der Waals surface area (Å²) in [5, 5.41) is 0. The monoisotopic (exact) mass is 284 g/mol. The lowest BCUT2D eigenvalue weighted by molar-refractivity contribution is -0.147. The summed E-state index contributed by atoms with van der Waals surface area (Å²) in [6.07, 6.45) is 3.52. The number of hydrogen-bond donors (Lipinski definition) is 0. The van der Waals surface area contributed by atoms with Crippen LogP contribution in [-0.4, -0.2) is 74.4 Å². The number of likely N-dealkylation sites (N-methyl/N-ethyl adjacent to an activating group) is 1. The van der Waals surface area contributed by atoms with Crippen molar-refractivity contribution in [1.29, 1.82) is 0 Å². The van der Waals surface area contributed by atoms with E-state index >= 15 is 0 Å². The summed E-state index contributed by atoms with van der Waals surface area (Å²) >= 11 is 0. The van der Waals surface area contributed by atoms with Crippen LogP contribution >= 0.6 is 0 Å². The first-order chi connectivity index (χ1) is 9.66. The van der Waals surface area contributed by atoms with Gasteiger partial charge in [0, 0.05) is 44.9 Å². The molecule has 2 saturated heterocycles. The van der Waals surface area contributed by atoms with Gasteiger partial charge < -0.3 is 14.4 Å². The molecule has 5 heteroatoms. The largest absolute Gasteiger partial charge is 0.466 e. The van der Waals surface area contributed by atoms with E-state index in [1.54, 1.807) is 0 Å². The second kappa shape index (κ2) is 7.38. The summed E-state index contributed by atoms with van der Waals surface area (Å²) in [5.41, 5.74) is -0.0516. The van der Waals surface area contributed by atoms with Crippen LogP contribution in [0.2, 0.25) is 0 Å². The molecule has 2 fully saturated rings. The number of rotatable bonds is 4. The number of carbonyl (C=O) groups excluding carboxylic acids is 1. The van der Waals surface area contributed by atoms with E-state index < -0.39 is 0 Å². The molecule has 0 N–H and O–H groups in total. The third-order valence-electron chi connectivity index (χ3n) is 4.60. The van der Waals surface area contributed by atoms with Gasteiger partial charge in [-0.15, -0.1) is 0 Å². The van der Waals surface area contributed by atoms with E-state index in [0.717, 1.165) is 58.7 Å². The molecule has 20 heavy (non-hydrogen) atoms. The van der Waals surface area contributed by atoms with Crippen LogP contribution in [0, 0.1) is 0 Å². The predicted octanol–water partition coefficient (Wildman–Crippen LogP) is 1.13. The van der Waals surface area contributed by atoms with Crippen LogP contribution in [0.15, 0.2) is 0 Å². The van der Waals surface area contributed by atoms with Crippen molar-refractivity contribution in [1.82, 2.24) is 9.80 Å². The minimum Gasteiger partial charge on any atom is -0.466 e. The summed E-state index contributed by atoms with van der Waals surface area (Å²) in [6, 6.07) is 0. The maximum atomic E-state index is 12.0. The molecule has 0 aromatic rings. The molecule has 2 aliphatic rings. The fourth-order valence-electron chi connectivity index (χ4n) is 3.36. The van der Waals surface area contributed by atoms with Crippen molar-refractivity contribution in [3.63, 3.8) is 0 Å². The summed E-state index contributed by atoms with van der Waals surface area (Å²) in [5.74, 6) is -0.0617. The average molecular weight is 284 g/mol. The Morgan fingerprint density at radius 3 is 2.65 bits per heavy atom. The zero-order valence-electron chi connectivity index (χ0n) is 12.9. The average Bonchev–Trinajstić information content (AvgIpc) is 2.66. The summed E-state index contributed by atoms with van der Waals surface area (Å²) in [7, 11) is 2.16. The van der Waals surface area contributed by atoms with Crippen LogP contribution in [-0.2, 0) is 14.3 Å². The van der Waals surface area contributed by atoms with Crippen LogP contribution in [0.4, 0.5) is 0 Å². The van der Waals surface area contributed by atoms with Crippen LogP contribution < -0.4 is 0 Å². The lowest BCUT2D eigenvalue weighted by Gasteiger charge is -2.46. The first-order valence-electron chi connectivity index (χ1n) is 7.83. The Morgan fingerprint density at radius 2 is 1.95 bits per heavy atom. The molecule has 0 aliphatic carbocycles. The molecule has 1 atom stereocenters. The van der Waals surface area contributed by atoms with Crippen molar-refractivity contribution in [3.05, 3.63) is 0 Å². The van der Waals surface area contributed by atoms with E-state index in [1.165, 1.54) is 0 Å². The molecule has 5 nitrogen and oxygen atoms in total. The molecule has 2 heterocycles. The van der Waals surface area contributed by atoms with Crippen LogP contribution in [0.5, 0.6) is 0 Å². The van der Waals surface area contributed by atoms with E-state index in [9.17, 15) is 4.79 Å². The van der Waals surface area contributed by atoms with E-state index in [-0.39, 0.29) is 11.5 Å². The van der Waals surface area contributed by atoms with Gasteiger partial charge in [0.25, 0.3) is 0 Å². The van der Waals surface area contributed by atoms with Gasteiger partial charge in [0.15, 0.2) is 0 Å². The molecule has 116 valence electrons. The maximum absolute atomic E-state index is 12.0. The van der Waals surface area contributed by atoms with E-state index in [1.807, 2.05) is 6.92 Å². The SMILES string of the molecule is CCOC(=O)CC1(N2CCN(C)CC2)CCCOCC1. The van der Waals surface area contributed by atoms with Gasteiger partial charge in [-0.2, -0.15) is 0 Å². The molecule has 0 saturated carbocycles. The fraction of sp³-hybridized carbons (Fsp3) is 0.933.